The molecule has 0 aromatic rings. The summed E-state index contributed by atoms with van der Waals surface area (Å²) in [7, 11) is 0. The Labute approximate surface area is 76.7 Å². The lowest BCUT2D eigenvalue weighted by atomic mass is 9.64. The Morgan fingerprint density at radius 2 is 1.67 bits per heavy atom. The van der Waals surface area contributed by atoms with Crippen LogP contribution in [0.1, 0.15) is 52.4 Å². The zero-order valence-electron chi connectivity index (χ0n) is 8.55. The number of rotatable bonds is 1. The molecule has 0 amide bonds. The smallest absolute Gasteiger partial charge is 0.0360 e. The maximum Gasteiger partial charge on any atom is -0.0360 e. The van der Waals surface area contributed by atoms with Crippen LogP contribution in [0.25, 0.3) is 0 Å². The van der Waals surface area contributed by atoms with E-state index in [4.69, 9.17) is 0 Å². The van der Waals surface area contributed by atoms with Crippen LogP contribution in [0.4, 0.5) is 0 Å². The van der Waals surface area contributed by atoms with Gasteiger partial charge in [-0.05, 0) is 36.5 Å². The van der Waals surface area contributed by atoms with Crippen molar-refractivity contribution in [2.24, 2.45) is 23.7 Å². The van der Waals surface area contributed by atoms with Gasteiger partial charge in [-0.1, -0.05) is 39.5 Å². The van der Waals surface area contributed by atoms with Crippen molar-refractivity contribution in [1.29, 1.82) is 0 Å². The molecule has 2 saturated carbocycles. The van der Waals surface area contributed by atoms with Crippen LogP contribution >= 0.6 is 0 Å². The molecule has 2 rings (SSSR count). The van der Waals surface area contributed by atoms with Crippen LogP contribution in [-0.2, 0) is 0 Å². The first-order chi connectivity index (χ1) is 5.77. The highest BCUT2D eigenvalue weighted by Crippen LogP contribution is 2.45. The molecule has 0 aromatic heterocycles. The minimum Gasteiger partial charge on any atom is -0.0625 e. The summed E-state index contributed by atoms with van der Waals surface area (Å²) in [4.78, 5) is 0. The molecule has 70 valence electrons. The van der Waals surface area contributed by atoms with Crippen molar-refractivity contribution in [2.75, 3.05) is 0 Å². The Bertz CT molecular complexity index is 146. The second kappa shape index (κ2) is 3.40. The predicted octanol–water partition coefficient (Wildman–Crippen LogP) is 3.86. The van der Waals surface area contributed by atoms with Crippen molar-refractivity contribution in [3.63, 3.8) is 0 Å². The molecule has 12 heavy (non-hydrogen) atoms. The molecule has 0 radical (unpaired) electrons. The molecule has 0 bridgehead atoms. The second-order valence-corrected chi connectivity index (χ2v) is 5.25. The van der Waals surface area contributed by atoms with Crippen molar-refractivity contribution in [3.8, 4) is 0 Å². The maximum atomic E-state index is 2.48. The molecule has 0 aliphatic heterocycles. The van der Waals surface area contributed by atoms with E-state index in [9.17, 15) is 0 Å². The highest BCUT2D eigenvalue weighted by molar-refractivity contribution is 4.84. The Morgan fingerprint density at radius 1 is 0.917 bits per heavy atom. The van der Waals surface area contributed by atoms with E-state index in [-0.39, 0.29) is 0 Å². The summed E-state index contributed by atoms with van der Waals surface area (Å²) in [5, 5.41) is 0. The molecule has 0 heteroatoms. The van der Waals surface area contributed by atoms with E-state index in [2.05, 4.69) is 13.8 Å². The Morgan fingerprint density at radius 3 is 2.17 bits per heavy atom. The van der Waals surface area contributed by atoms with Gasteiger partial charge in [0.2, 0.25) is 0 Å². The molecule has 0 nitrogen and oxygen atoms in total. The van der Waals surface area contributed by atoms with Gasteiger partial charge in [0, 0.05) is 0 Å². The summed E-state index contributed by atoms with van der Waals surface area (Å²) in [6.45, 7) is 4.91. The fourth-order valence-electron chi connectivity index (χ4n) is 3.26. The van der Waals surface area contributed by atoms with Crippen LogP contribution in [0.15, 0.2) is 0 Å². The number of hydrogen-bond acceptors (Lipinski definition) is 0. The molecule has 2 fully saturated rings. The summed E-state index contributed by atoms with van der Waals surface area (Å²) < 4.78 is 0. The van der Waals surface area contributed by atoms with Crippen molar-refractivity contribution in [3.05, 3.63) is 0 Å². The maximum absolute atomic E-state index is 2.48. The van der Waals surface area contributed by atoms with Gasteiger partial charge in [-0.2, -0.15) is 0 Å². The van der Waals surface area contributed by atoms with Gasteiger partial charge in [0.25, 0.3) is 0 Å². The summed E-state index contributed by atoms with van der Waals surface area (Å²) in [6.07, 6.45) is 9.15. The Balaban J connectivity index is 1.88. The SMILES string of the molecule is CC1CCC(C2CCC2)C(C)C1. The third-order valence-electron chi connectivity index (χ3n) is 4.25. The zero-order chi connectivity index (χ0) is 8.55. The van der Waals surface area contributed by atoms with E-state index < -0.39 is 0 Å². The lowest BCUT2D eigenvalue weighted by Crippen LogP contribution is -2.31. The fraction of sp³-hybridized carbons (Fsp3) is 1.00. The molecule has 3 unspecified atom stereocenters. The summed E-state index contributed by atoms with van der Waals surface area (Å²) in [5.74, 6) is 4.28. The standard InChI is InChI=1S/C12H22/c1-9-6-7-12(10(2)8-9)11-4-3-5-11/h9-12H,3-8H2,1-2H3. The molecule has 2 aliphatic rings. The average molecular weight is 166 g/mol. The van der Waals surface area contributed by atoms with Crippen molar-refractivity contribution in [1.82, 2.24) is 0 Å². The van der Waals surface area contributed by atoms with Crippen molar-refractivity contribution < 1.29 is 0 Å². The molecule has 0 heterocycles. The lowest BCUT2D eigenvalue weighted by Gasteiger charge is -2.42. The van der Waals surface area contributed by atoms with Gasteiger partial charge in [-0.3, -0.25) is 0 Å². The van der Waals surface area contributed by atoms with Crippen LogP contribution in [0, 0.1) is 23.7 Å². The second-order valence-electron chi connectivity index (χ2n) is 5.25. The minimum absolute atomic E-state index is 1.01. The van der Waals surface area contributed by atoms with E-state index in [0.717, 1.165) is 23.7 Å². The highest BCUT2D eigenvalue weighted by Gasteiger charge is 2.34. The van der Waals surface area contributed by atoms with Crippen LogP contribution in [-0.4, -0.2) is 0 Å². The minimum atomic E-state index is 1.01. The Hall–Kier alpha value is 0. The first-order valence-corrected chi connectivity index (χ1v) is 5.77. The quantitative estimate of drug-likeness (QED) is 0.555. The van der Waals surface area contributed by atoms with Crippen LogP contribution in [0.3, 0.4) is 0 Å². The lowest BCUT2D eigenvalue weighted by molar-refractivity contribution is 0.0913. The van der Waals surface area contributed by atoms with E-state index in [1.807, 2.05) is 0 Å². The predicted molar refractivity (Wildman–Crippen MR) is 53.0 cm³/mol. The molecule has 0 aromatic carbocycles. The molecule has 0 saturated heterocycles. The largest absolute Gasteiger partial charge is 0.0625 e. The van der Waals surface area contributed by atoms with Crippen LogP contribution in [0.5, 0.6) is 0 Å². The first-order valence-electron chi connectivity index (χ1n) is 5.77. The third-order valence-corrected chi connectivity index (χ3v) is 4.25. The molecular formula is C12H22. The molecule has 0 spiro atoms. The normalized spacial score (nSPS) is 44.0. The van der Waals surface area contributed by atoms with Gasteiger partial charge in [-0.25, -0.2) is 0 Å². The third kappa shape index (κ3) is 1.53. The van der Waals surface area contributed by atoms with Crippen molar-refractivity contribution >= 4 is 0 Å². The summed E-state index contributed by atoms with van der Waals surface area (Å²) >= 11 is 0. The van der Waals surface area contributed by atoms with E-state index >= 15 is 0 Å². The molecular weight excluding hydrogens is 144 g/mol. The van der Waals surface area contributed by atoms with Crippen LogP contribution < -0.4 is 0 Å². The fourth-order valence-corrected chi connectivity index (χ4v) is 3.26. The van der Waals surface area contributed by atoms with Crippen LogP contribution in [0.2, 0.25) is 0 Å². The van der Waals surface area contributed by atoms with E-state index in [1.165, 1.54) is 25.7 Å². The highest BCUT2D eigenvalue weighted by atomic mass is 14.4. The molecule has 3 atom stereocenters. The molecule has 2 aliphatic carbocycles. The topological polar surface area (TPSA) is 0 Å². The van der Waals surface area contributed by atoms with E-state index in [1.54, 1.807) is 12.8 Å². The van der Waals surface area contributed by atoms with Crippen molar-refractivity contribution in [2.45, 2.75) is 52.4 Å². The van der Waals surface area contributed by atoms with Gasteiger partial charge >= 0.3 is 0 Å². The molecule has 0 N–H and O–H groups in total. The monoisotopic (exact) mass is 166 g/mol. The van der Waals surface area contributed by atoms with E-state index in [0.29, 0.717) is 0 Å². The van der Waals surface area contributed by atoms with Gasteiger partial charge in [0.15, 0.2) is 0 Å². The average Bonchev–Trinajstić information content (AvgIpc) is 1.91. The summed E-state index contributed by atoms with van der Waals surface area (Å²) in [6, 6.07) is 0. The van der Waals surface area contributed by atoms with Gasteiger partial charge in [-0.15, -0.1) is 0 Å². The number of hydrogen-bond donors (Lipinski definition) is 0. The zero-order valence-corrected chi connectivity index (χ0v) is 8.55. The first kappa shape index (κ1) is 8.59. The Kier molecular flexibility index (Phi) is 2.43. The van der Waals surface area contributed by atoms with Gasteiger partial charge < -0.3 is 0 Å². The summed E-state index contributed by atoms with van der Waals surface area (Å²) in [5.41, 5.74) is 0. The van der Waals surface area contributed by atoms with Gasteiger partial charge in [0.05, 0.1) is 0 Å². The van der Waals surface area contributed by atoms with Gasteiger partial charge in [0.1, 0.15) is 0 Å².